The number of nitrogens with one attached hydrogen (secondary N) is 1. The number of aliphatic carboxylic acids is 1. The van der Waals surface area contributed by atoms with E-state index in [1.165, 1.54) is 12.1 Å². The Morgan fingerprint density at radius 3 is 2.58 bits per heavy atom. The van der Waals surface area contributed by atoms with Crippen LogP contribution in [0.4, 0.5) is 13.2 Å². The molecule has 0 heterocycles. The molecule has 1 atom stereocenters. The van der Waals surface area contributed by atoms with Crippen LogP contribution < -0.4 is 5.32 Å². The van der Waals surface area contributed by atoms with E-state index in [1.807, 2.05) is 6.07 Å². The number of benzene rings is 1. The van der Waals surface area contributed by atoms with Gasteiger partial charge in [-0.3, -0.25) is 4.79 Å². The minimum atomic E-state index is -4.50. The Morgan fingerprint density at radius 2 is 2.00 bits per heavy atom. The van der Waals surface area contributed by atoms with Crippen LogP contribution >= 0.6 is 0 Å². The first-order valence-electron chi connectivity index (χ1n) is 7.29. The zero-order chi connectivity index (χ0) is 18.2. The van der Waals surface area contributed by atoms with Crippen molar-refractivity contribution in [2.75, 3.05) is 0 Å². The molecule has 0 spiro atoms. The van der Waals surface area contributed by atoms with Crippen LogP contribution in [0.2, 0.25) is 0 Å². The van der Waals surface area contributed by atoms with Gasteiger partial charge in [-0.05, 0) is 30.9 Å². The van der Waals surface area contributed by atoms with Crippen LogP contribution in [0.3, 0.4) is 0 Å². The van der Waals surface area contributed by atoms with Gasteiger partial charge in [0.15, 0.2) is 0 Å². The number of nitrogens with zero attached hydrogens (tertiary/aromatic N) is 1. The van der Waals surface area contributed by atoms with E-state index in [2.05, 4.69) is 5.32 Å². The predicted octanol–water partition coefficient (Wildman–Crippen LogP) is 2.90. The highest BCUT2D eigenvalue weighted by atomic mass is 19.4. The van der Waals surface area contributed by atoms with Crippen molar-refractivity contribution in [3.8, 4) is 6.07 Å². The molecule has 130 valence electrons. The first kappa shape index (κ1) is 19.5. The SMILES string of the molecule is N#CCCCC[C@@H](NC(=O)Cc1cccc(C(F)(F)F)c1)C(=O)O. The Hall–Kier alpha value is -2.56. The van der Waals surface area contributed by atoms with E-state index in [0.29, 0.717) is 19.3 Å². The maximum atomic E-state index is 12.6. The fraction of sp³-hybridized carbons (Fsp3) is 0.438. The van der Waals surface area contributed by atoms with Gasteiger partial charge in [-0.1, -0.05) is 18.2 Å². The minimum Gasteiger partial charge on any atom is -0.480 e. The molecule has 5 nitrogen and oxygen atoms in total. The second-order valence-electron chi connectivity index (χ2n) is 5.24. The molecule has 1 amide bonds. The number of hydrogen-bond donors (Lipinski definition) is 2. The van der Waals surface area contributed by atoms with E-state index in [-0.39, 0.29) is 18.4 Å². The summed E-state index contributed by atoms with van der Waals surface area (Å²) in [6.07, 6.45) is -3.42. The summed E-state index contributed by atoms with van der Waals surface area (Å²) >= 11 is 0. The summed E-state index contributed by atoms with van der Waals surface area (Å²) < 4.78 is 37.9. The summed E-state index contributed by atoms with van der Waals surface area (Å²) in [6, 6.07) is 5.14. The summed E-state index contributed by atoms with van der Waals surface area (Å²) in [5, 5.41) is 19.8. The molecule has 1 aromatic carbocycles. The molecule has 1 rings (SSSR count). The van der Waals surface area contributed by atoms with Gasteiger partial charge in [0, 0.05) is 6.42 Å². The average Bonchev–Trinajstić information content (AvgIpc) is 2.49. The number of carbonyl (C=O) groups excluding carboxylic acids is 1. The Labute approximate surface area is 137 Å². The summed E-state index contributed by atoms with van der Waals surface area (Å²) in [7, 11) is 0. The van der Waals surface area contributed by atoms with Gasteiger partial charge in [0.05, 0.1) is 18.1 Å². The number of rotatable bonds is 8. The van der Waals surface area contributed by atoms with Crippen molar-refractivity contribution in [1.82, 2.24) is 5.32 Å². The first-order valence-corrected chi connectivity index (χ1v) is 7.29. The molecule has 0 unspecified atom stereocenters. The van der Waals surface area contributed by atoms with Crippen molar-refractivity contribution in [1.29, 1.82) is 5.26 Å². The van der Waals surface area contributed by atoms with Gasteiger partial charge >= 0.3 is 12.1 Å². The van der Waals surface area contributed by atoms with Gasteiger partial charge in [-0.2, -0.15) is 18.4 Å². The number of amides is 1. The van der Waals surface area contributed by atoms with E-state index in [4.69, 9.17) is 10.4 Å². The number of alkyl halides is 3. The molecule has 0 aliphatic rings. The fourth-order valence-corrected chi connectivity index (χ4v) is 2.10. The maximum Gasteiger partial charge on any atom is 0.416 e. The lowest BCUT2D eigenvalue weighted by Crippen LogP contribution is -2.41. The van der Waals surface area contributed by atoms with Crippen LogP contribution in [0.5, 0.6) is 0 Å². The summed E-state index contributed by atoms with van der Waals surface area (Å²) in [5.74, 6) is -1.88. The molecule has 0 aliphatic heterocycles. The highest BCUT2D eigenvalue weighted by Crippen LogP contribution is 2.29. The van der Waals surface area contributed by atoms with Gasteiger partial charge in [0.2, 0.25) is 5.91 Å². The van der Waals surface area contributed by atoms with Gasteiger partial charge in [-0.25, -0.2) is 4.79 Å². The molecule has 24 heavy (non-hydrogen) atoms. The molecule has 1 aromatic rings. The van der Waals surface area contributed by atoms with Crippen molar-refractivity contribution in [3.05, 3.63) is 35.4 Å². The van der Waals surface area contributed by atoms with E-state index in [9.17, 15) is 22.8 Å². The third-order valence-electron chi connectivity index (χ3n) is 3.28. The molecule has 2 N–H and O–H groups in total. The zero-order valence-electron chi connectivity index (χ0n) is 12.8. The van der Waals surface area contributed by atoms with Crippen molar-refractivity contribution < 1.29 is 27.9 Å². The third kappa shape index (κ3) is 6.69. The minimum absolute atomic E-state index is 0.149. The fourth-order valence-electron chi connectivity index (χ4n) is 2.10. The smallest absolute Gasteiger partial charge is 0.416 e. The Bertz CT molecular complexity index is 624. The highest BCUT2D eigenvalue weighted by Gasteiger charge is 2.30. The molecule has 0 saturated carbocycles. The van der Waals surface area contributed by atoms with Crippen LogP contribution in [-0.2, 0) is 22.2 Å². The third-order valence-corrected chi connectivity index (χ3v) is 3.28. The van der Waals surface area contributed by atoms with Crippen molar-refractivity contribution in [2.45, 2.75) is 44.3 Å². The van der Waals surface area contributed by atoms with Crippen LogP contribution in [0, 0.1) is 11.3 Å². The van der Waals surface area contributed by atoms with E-state index in [1.54, 1.807) is 0 Å². The molecule has 0 bridgehead atoms. The predicted molar refractivity (Wildman–Crippen MR) is 78.8 cm³/mol. The van der Waals surface area contributed by atoms with Crippen molar-refractivity contribution >= 4 is 11.9 Å². The van der Waals surface area contributed by atoms with E-state index >= 15 is 0 Å². The molecule has 0 radical (unpaired) electrons. The van der Waals surface area contributed by atoms with Crippen LogP contribution in [0.1, 0.15) is 36.8 Å². The Morgan fingerprint density at radius 1 is 1.29 bits per heavy atom. The zero-order valence-corrected chi connectivity index (χ0v) is 12.8. The molecule has 0 aromatic heterocycles. The summed E-state index contributed by atoms with van der Waals surface area (Å²) in [4.78, 5) is 23.0. The highest BCUT2D eigenvalue weighted by molar-refractivity contribution is 5.84. The number of hydrogen-bond acceptors (Lipinski definition) is 3. The number of unbranched alkanes of at least 4 members (excludes halogenated alkanes) is 2. The lowest BCUT2D eigenvalue weighted by Gasteiger charge is -2.14. The second kappa shape index (κ2) is 8.91. The summed E-state index contributed by atoms with van der Waals surface area (Å²) in [6.45, 7) is 0. The van der Waals surface area contributed by atoms with Gasteiger partial charge in [0.1, 0.15) is 6.04 Å². The Kier molecular flexibility index (Phi) is 7.24. The topological polar surface area (TPSA) is 90.2 Å². The molecular formula is C16H17F3N2O3. The molecule has 0 fully saturated rings. The van der Waals surface area contributed by atoms with E-state index in [0.717, 1.165) is 12.1 Å². The van der Waals surface area contributed by atoms with Crippen molar-refractivity contribution in [2.24, 2.45) is 0 Å². The van der Waals surface area contributed by atoms with Crippen LogP contribution in [0.15, 0.2) is 24.3 Å². The molecule has 0 saturated heterocycles. The Balaban J connectivity index is 2.63. The standard InChI is InChI=1S/C16H17F3N2O3/c17-16(18,19)12-6-4-5-11(9-12)10-14(22)21-13(15(23)24)7-2-1-3-8-20/h4-6,9,13H,1-3,7,10H2,(H,21,22)(H,23,24)/t13-/m1/s1. The lowest BCUT2D eigenvalue weighted by molar-refractivity contribution is -0.142. The first-order chi connectivity index (χ1) is 11.2. The summed E-state index contributed by atoms with van der Waals surface area (Å²) in [5.41, 5.74) is -0.713. The number of carboxylic acid groups (broad SMARTS) is 1. The van der Waals surface area contributed by atoms with Gasteiger partial charge in [0.25, 0.3) is 0 Å². The second-order valence-corrected chi connectivity index (χ2v) is 5.24. The molecule has 0 aliphatic carbocycles. The number of carbonyl (C=O) groups is 2. The van der Waals surface area contributed by atoms with Gasteiger partial charge < -0.3 is 10.4 Å². The van der Waals surface area contributed by atoms with Crippen LogP contribution in [0.25, 0.3) is 0 Å². The number of nitriles is 1. The van der Waals surface area contributed by atoms with E-state index < -0.39 is 29.7 Å². The maximum absolute atomic E-state index is 12.6. The van der Waals surface area contributed by atoms with Crippen molar-refractivity contribution in [3.63, 3.8) is 0 Å². The average molecular weight is 342 g/mol. The molecular weight excluding hydrogens is 325 g/mol. The number of carboxylic acids is 1. The monoisotopic (exact) mass is 342 g/mol. The quantitative estimate of drug-likeness (QED) is 0.711. The lowest BCUT2D eigenvalue weighted by atomic mass is 10.1. The number of halogens is 3. The molecule has 8 heteroatoms. The normalized spacial score (nSPS) is 12.2. The largest absolute Gasteiger partial charge is 0.480 e. The van der Waals surface area contributed by atoms with Gasteiger partial charge in [-0.15, -0.1) is 0 Å². The van der Waals surface area contributed by atoms with Crippen LogP contribution in [-0.4, -0.2) is 23.0 Å².